The molecule has 0 atom stereocenters. The van der Waals surface area contributed by atoms with Crippen molar-refractivity contribution in [1.82, 2.24) is 19.2 Å². The van der Waals surface area contributed by atoms with Gasteiger partial charge >= 0.3 is 12.1 Å². The highest BCUT2D eigenvalue weighted by Gasteiger charge is 2.38. The number of aryl methyl sites for hydroxylation is 2. The summed E-state index contributed by atoms with van der Waals surface area (Å²) in [5.74, 6) is -2.16. The van der Waals surface area contributed by atoms with Crippen molar-refractivity contribution in [3.8, 4) is 5.69 Å². The SMILES string of the molecule is Cc1cc(C(=O)N2CCC(c3ccccc3CN)CC2)c(C)n1-c1cnn(C)c1.O=C(O)C(F)(F)F. The Hall–Kier alpha value is -3.60. The van der Waals surface area contributed by atoms with Gasteiger partial charge < -0.3 is 20.3 Å². The fourth-order valence-electron chi connectivity index (χ4n) is 4.58. The molecule has 8 nitrogen and oxygen atoms in total. The van der Waals surface area contributed by atoms with Gasteiger partial charge in [-0.25, -0.2) is 4.79 Å². The summed E-state index contributed by atoms with van der Waals surface area (Å²) in [5.41, 5.74) is 12.3. The second kappa shape index (κ2) is 11.0. The molecule has 194 valence electrons. The first kappa shape index (κ1) is 27.0. The van der Waals surface area contributed by atoms with Crippen LogP contribution < -0.4 is 5.73 Å². The van der Waals surface area contributed by atoms with Gasteiger partial charge in [-0.05, 0) is 49.8 Å². The maximum atomic E-state index is 13.3. The molecule has 3 aromatic rings. The van der Waals surface area contributed by atoms with Gasteiger partial charge in [0.2, 0.25) is 0 Å². The largest absolute Gasteiger partial charge is 0.490 e. The van der Waals surface area contributed by atoms with Gasteiger partial charge in [-0.3, -0.25) is 9.48 Å². The Morgan fingerprint density at radius 1 is 1.17 bits per heavy atom. The number of nitrogens with two attached hydrogens (primary N) is 1. The van der Waals surface area contributed by atoms with Crippen LogP contribution in [0.3, 0.4) is 0 Å². The minimum Gasteiger partial charge on any atom is -0.475 e. The number of carbonyl (C=O) groups excluding carboxylic acids is 1. The average molecular weight is 506 g/mol. The number of piperidine rings is 1. The van der Waals surface area contributed by atoms with E-state index >= 15 is 0 Å². The number of carbonyl (C=O) groups is 2. The summed E-state index contributed by atoms with van der Waals surface area (Å²) in [6.07, 6.45) is 0.664. The zero-order chi connectivity index (χ0) is 26.6. The molecule has 1 saturated heterocycles. The quantitative estimate of drug-likeness (QED) is 0.559. The average Bonchev–Trinajstić information content (AvgIpc) is 3.39. The van der Waals surface area contributed by atoms with Crippen LogP contribution in [-0.4, -0.2) is 55.5 Å². The first-order chi connectivity index (χ1) is 16.9. The number of aromatic nitrogens is 3. The predicted octanol–water partition coefficient (Wildman–Crippen LogP) is 3.94. The van der Waals surface area contributed by atoms with Crippen molar-refractivity contribution in [3.05, 3.63) is 70.8 Å². The molecule has 3 heterocycles. The van der Waals surface area contributed by atoms with Gasteiger partial charge in [0.15, 0.2) is 0 Å². The second-order valence-electron chi connectivity index (χ2n) is 8.76. The summed E-state index contributed by atoms with van der Waals surface area (Å²) in [6.45, 7) is 6.16. The van der Waals surface area contributed by atoms with Crippen LogP contribution in [0.2, 0.25) is 0 Å². The number of hydrogen-bond acceptors (Lipinski definition) is 4. The Morgan fingerprint density at radius 2 is 1.78 bits per heavy atom. The number of hydrogen-bond donors (Lipinski definition) is 2. The molecule has 1 aliphatic heterocycles. The lowest BCUT2D eigenvalue weighted by molar-refractivity contribution is -0.192. The number of alkyl halides is 3. The number of benzene rings is 1. The summed E-state index contributed by atoms with van der Waals surface area (Å²) in [7, 11) is 1.90. The monoisotopic (exact) mass is 505 g/mol. The molecule has 0 spiro atoms. The molecule has 1 fully saturated rings. The van der Waals surface area contributed by atoms with Crippen LogP contribution in [0.4, 0.5) is 13.2 Å². The van der Waals surface area contributed by atoms with E-state index in [1.807, 2.05) is 50.3 Å². The van der Waals surface area contributed by atoms with Crippen molar-refractivity contribution >= 4 is 11.9 Å². The van der Waals surface area contributed by atoms with Crippen LogP contribution in [0.15, 0.2) is 42.7 Å². The maximum Gasteiger partial charge on any atom is 0.490 e. The number of amides is 1. The van der Waals surface area contributed by atoms with Gasteiger partial charge in [-0.15, -0.1) is 0 Å². The molecule has 1 aromatic carbocycles. The van der Waals surface area contributed by atoms with Gasteiger partial charge in [0.05, 0.1) is 17.4 Å². The van der Waals surface area contributed by atoms with Gasteiger partial charge in [0.1, 0.15) is 0 Å². The first-order valence-corrected chi connectivity index (χ1v) is 11.5. The van der Waals surface area contributed by atoms with Crippen LogP contribution >= 0.6 is 0 Å². The molecule has 36 heavy (non-hydrogen) atoms. The molecule has 0 aliphatic carbocycles. The van der Waals surface area contributed by atoms with E-state index < -0.39 is 12.1 Å². The summed E-state index contributed by atoms with van der Waals surface area (Å²) < 4.78 is 35.6. The van der Waals surface area contributed by atoms with Gasteiger partial charge in [0.25, 0.3) is 5.91 Å². The lowest BCUT2D eigenvalue weighted by atomic mass is 9.86. The van der Waals surface area contributed by atoms with Crippen molar-refractivity contribution in [2.75, 3.05) is 13.1 Å². The topological polar surface area (TPSA) is 106 Å². The van der Waals surface area contributed by atoms with Crippen LogP contribution in [0, 0.1) is 13.8 Å². The standard InChI is InChI=1S/C23H29N5O.C2HF3O2/c1-16-12-22(17(2)28(16)20-14-25-26(3)15-20)23(29)27-10-8-18(9-11-27)21-7-5-4-6-19(21)13-24;3-2(4,5)1(6)7/h4-7,12,14-15,18H,8-11,13,24H2,1-3H3;(H,6,7). The Balaban J connectivity index is 0.000000454. The molecular weight excluding hydrogens is 475 g/mol. The number of halogens is 3. The van der Waals surface area contributed by atoms with E-state index in [9.17, 15) is 18.0 Å². The molecule has 4 rings (SSSR count). The van der Waals surface area contributed by atoms with E-state index in [0.717, 1.165) is 48.6 Å². The zero-order valence-corrected chi connectivity index (χ0v) is 20.4. The normalized spacial score (nSPS) is 14.4. The van der Waals surface area contributed by atoms with E-state index in [1.165, 1.54) is 11.1 Å². The summed E-state index contributed by atoms with van der Waals surface area (Å²) in [5, 5.41) is 11.4. The number of aliphatic carboxylic acids is 1. The Bertz CT molecular complexity index is 1220. The third-order valence-corrected chi connectivity index (χ3v) is 6.35. The second-order valence-corrected chi connectivity index (χ2v) is 8.76. The third kappa shape index (κ3) is 5.96. The van der Waals surface area contributed by atoms with E-state index in [-0.39, 0.29) is 5.91 Å². The van der Waals surface area contributed by atoms with Crippen molar-refractivity contribution in [3.63, 3.8) is 0 Å². The molecule has 0 bridgehead atoms. The molecule has 3 N–H and O–H groups in total. The minimum atomic E-state index is -5.08. The number of rotatable bonds is 4. The van der Waals surface area contributed by atoms with E-state index in [4.69, 9.17) is 15.6 Å². The van der Waals surface area contributed by atoms with Gasteiger partial charge in [-0.1, -0.05) is 24.3 Å². The number of carboxylic acid groups (broad SMARTS) is 1. The van der Waals surface area contributed by atoms with Crippen LogP contribution in [-0.2, 0) is 18.4 Å². The summed E-state index contributed by atoms with van der Waals surface area (Å²) in [4.78, 5) is 24.2. The lowest BCUT2D eigenvalue weighted by Crippen LogP contribution is -2.38. The molecule has 11 heteroatoms. The molecule has 0 radical (unpaired) electrons. The van der Waals surface area contributed by atoms with Crippen molar-refractivity contribution in [2.24, 2.45) is 12.8 Å². The van der Waals surface area contributed by atoms with Crippen molar-refractivity contribution < 1.29 is 27.9 Å². The fraction of sp³-hybridized carbons (Fsp3) is 0.400. The smallest absolute Gasteiger partial charge is 0.475 e. The Labute approximate surface area is 207 Å². The third-order valence-electron chi connectivity index (χ3n) is 6.35. The molecule has 1 amide bonds. The van der Waals surface area contributed by atoms with Crippen LogP contribution in [0.1, 0.15) is 51.6 Å². The Morgan fingerprint density at radius 3 is 2.31 bits per heavy atom. The summed E-state index contributed by atoms with van der Waals surface area (Å²) >= 11 is 0. The predicted molar refractivity (Wildman–Crippen MR) is 128 cm³/mol. The molecule has 1 aliphatic rings. The fourth-order valence-corrected chi connectivity index (χ4v) is 4.58. The molecule has 0 unspecified atom stereocenters. The highest BCUT2D eigenvalue weighted by Crippen LogP contribution is 2.31. The number of likely N-dealkylation sites (tertiary alicyclic amines) is 1. The lowest BCUT2D eigenvalue weighted by Gasteiger charge is -2.33. The van der Waals surface area contributed by atoms with Crippen molar-refractivity contribution in [2.45, 2.75) is 45.3 Å². The number of carboxylic acids is 1. The Kier molecular flexibility index (Phi) is 8.24. The molecular formula is C25H30F3N5O3. The highest BCUT2D eigenvalue weighted by atomic mass is 19.4. The van der Waals surface area contributed by atoms with Gasteiger partial charge in [0, 0.05) is 44.3 Å². The van der Waals surface area contributed by atoms with Gasteiger partial charge in [-0.2, -0.15) is 18.3 Å². The van der Waals surface area contributed by atoms with Crippen molar-refractivity contribution in [1.29, 1.82) is 0 Å². The molecule has 2 aromatic heterocycles. The zero-order valence-electron chi connectivity index (χ0n) is 20.4. The minimum absolute atomic E-state index is 0.124. The van der Waals surface area contributed by atoms with E-state index in [1.54, 1.807) is 4.68 Å². The molecule has 0 saturated carbocycles. The maximum absolute atomic E-state index is 13.3. The summed E-state index contributed by atoms with van der Waals surface area (Å²) in [6, 6.07) is 10.4. The van der Waals surface area contributed by atoms with E-state index in [2.05, 4.69) is 27.9 Å². The highest BCUT2D eigenvalue weighted by molar-refractivity contribution is 5.96. The first-order valence-electron chi connectivity index (χ1n) is 11.5. The van der Waals surface area contributed by atoms with E-state index in [0.29, 0.717) is 12.5 Å². The van der Waals surface area contributed by atoms with Crippen LogP contribution in [0.25, 0.3) is 5.69 Å². The van der Waals surface area contributed by atoms with Crippen LogP contribution in [0.5, 0.6) is 0 Å². The number of nitrogens with zero attached hydrogens (tertiary/aromatic N) is 4.